The summed E-state index contributed by atoms with van der Waals surface area (Å²) in [6.07, 6.45) is 2.77. The summed E-state index contributed by atoms with van der Waals surface area (Å²) in [6.45, 7) is 2.25. The normalized spacial score (nSPS) is 13.1. The third-order valence-electron chi connectivity index (χ3n) is 4.81. The van der Waals surface area contributed by atoms with E-state index >= 15 is 0 Å². The molecule has 29 heavy (non-hydrogen) atoms. The van der Waals surface area contributed by atoms with E-state index in [1.54, 1.807) is 6.20 Å². The third-order valence-corrected chi connectivity index (χ3v) is 5.92. The summed E-state index contributed by atoms with van der Waals surface area (Å²) in [6, 6.07) is 17.9. The molecule has 0 saturated carbocycles. The van der Waals surface area contributed by atoms with Gasteiger partial charge < -0.3 is 10.2 Å². The van der Waals surface area contributed by atoms with Crippen LogP contribution in [0.15, 0.2) is 66.0 Å². The van der Waals surface area contributed by atoms with Crippen molar-refractivity contribution in [1.82, 2.24) is 15.3 Å². The summed E-state index contributed by atoms with van der Waals surface area (Å²) in [5, 5.41) is 4.21. The number of rotatable bonds is 6. The van der Waals surface area contributed by atoms with Crippen LogP contribution in [0.25, 0.3) is 0 Å². The fourth-order valence-electron chi connectivity index (χ4n) is 3.25. The second kappa shape index (κ2) is 9.29. The summed E-state index contributed by atoms with van der Waals surface area (Å²) >= 11 is 7.23. The molecule has 2 aromatic carbocycles. The fraction of sp³-hybridized carbons (Fsp3) is 0.227. The van der Waals surface area contributed by atoms with Crippen molar-refractivity contribution in [3.05, 3.63) is 82.5 Å². The molecule has 3 aromatic rings. The molecule has 0 fully saturated rings. The van der Waals surface area contributed by atoms with Crippen LogP contribution in [-0.2, 0) is 24.3 Å². The number of anilines is 1. The molecule has 7 heteroatoms. The Balaban J connectivity index is 1.31. The van der Waals surface area contributed by atoms with E-state index in [0.717, 1.165) is 30.9 Å². The number of nitrogens with zero attached hydrogens (tertiary/aromatic N) is 3. The number of halogens is 1. The minimum atomic E-state index is -0.0501. The number of nitrogens with one attached hydrogen (secondary N) is 1. The monoisotopic (exact) mass is 424 g/mol. The molecule has 2 heterocycles. The first-order chi connectivity index (χ1) is 14.2. The summed E-state index contributed by atoms with van der Waals surface area (Å²) in [5.41, 5.74) is 3.76. The van der Waals surface area contributed by atoms with Gasteiger partial charge in [0.1, 0.15) is 5.82 Å². The van der Waals surface area contributed by atoms with Gasteiger partial charge in [0, 0.05) is 30.9 Å². The minimum absolute atomic E-state index is 0.0501. The maximum absolute atomic E-state index is 12.2. The predicted octanol–water partition coefficient (Wildman–Crippen LogP) is 4.10. The molecule has 0 saturated heterocycles. The van der Waals surface area contributed by atoms with Gasteiger partial charge in [-0.15, -0.1) is 0 Å². The summed E-state index contributed by atoms with van der Waals surface area (Å²) in [7, 11) is 0. The summed E-state index contributed by atoms with van der Waals surface area (Å²) in [5.74, 6) is 1.13. The van der Waals surface area contributed by atoms with Crippen molar-refractivity contribution >= 4 is 35.1 Å². The lowest BCUT2D eigenvalue weighted by Gasteiger charge is -2.29. The Bertz CT molecular complexity index is 996. The molecule has 5 nitrogen and oxygen atoms in total. The molecule has 0 atom stereocenters. The highest BCUT2D eigenvalue weighted by Gasteiger charge is 2.17. The van der Waals surface area contributed by atoms with E-state index in [0.29, 0.717) is 16.7 Å². The van der Waals surface area contributed by atoms with Crippen molar-refractivity contribution in [2.24, 2.45) is 0 Å². The van der Waals surface area contributed by atoms with Gasteiger partial charge in [0.25, 0.3) is 0 Å². The quantitative estimate of drug-likeness (QED) is 0.477. The minimum Gasteiger partial charge on any atom is -0.352 e. The Morgan fingerprint density at radius 1 is 1.10 bits per heavy atom. The van der Waals surface area contributed by atoms with E-state index in [4.69, 9.17) is 11.6 Å². The van der Waals surface area contributed by atoms with E-state index in [1.165, 1.54) is 22.9 Å². The number of hydrogen-bond acceptors (Lipinski definition) is 5. The van der Waals surface area contributed by atoms with Crippen molar-refractivity contribution in [3.8, 4) is 0 Å². The zero-order valence-electron chi connectivity index (χ0n) is 15.8. The highest BCUT2D eigenvalue weighted by molar-refractivity contribution is 7.99. The lowest BCUT2D eigenvalue weighted by atomic mass is 10.00. The molecule has 0 bridgehead atoms. The fourth-order valence-corrected chi connectivity index (χ4v) is 4.03. The average molecular weight is 425 g/mol. The first kappa shape index (κ1) is 19.7. The highest BCUT2D eigenvalue weighted by atomic mass is 35.5. The van der Waals surface area contributed by atoms with Crippen LogP contribution in [0.5, 0.6) is 0 Å². The van der Waals surface area contributed by atoms with Crippen molar-refractivity contribution < 1.29 is 4.79 Å². The Labute approximate surface area is 179 Å². The van der Waals surface area contributed by atoms with Gasteiger partial charge in [0.05, 0.1) is 5.75 Å². The molecule has 148 valence electrons. The second-order valence-corrected chi connectivity index (χ2v) is 8.21. The van der Waals surface area contributed by atoms with Gasteiger partial charge in [-0.2, -0.15) is 0 Å². The molecule has 4 rings (SSSR count). The van der Waals surface area contributed by atoms with Gasteiger partial charge in [0.2, 0.25) is 5.91 Å². The van der Waals surface area contributed by atoms with Gasteiger partial charge >= 0.3 is 0 Å². The number of carbonyl (C=O) groups is 1. The van der Waals surface area contributed by atoms with E-state index < -0.39 is 0 Å². The van der Waals surface area contributed by atoms with Crippen LogP contribution in [-0.4, -0.2) is 28.2 Å². The predicted molar refractivity (Wildman–Crippen MR) is 117 cm³/mol. The summed E-state index contributed by atoms with van der Waals surface area (Å²) < 4.78 is 0. The Hall–Kier alpha value is -2.57. The number of carbonyl (C=O) groups excluding carboxylic acids is 1. The topological polar surface area (TPSA) is 58.1 Å². The van der Waals surface area contributed by atoms with Crippen LogP contribution in [0.3, 0.4) is 0 Å². The number of fused-ring (bicyclic) bond motifs is 1. The number of thioether (sulfide) groups is 1. The Morgan fingerprint density at radius 2 is 1.90 bits per heavy atom. The molecule has 0 aliphatic carbocycles. The average Bonchev–Trinajstić information content (AvgIpc) is 2.77. The van der Waals surface area contributed by atoms with Crippen LogP contribution in [0, 0.1) is 0 Å². The van der Waals surface area contributed by atoms with E-state index in [-0.39, 0.29) is 11.7 Å². The molecule has 1 N–H and O–H groups in total. The molecule has 1 aliphatic heterocycles. The molecule has 1 aliphatic rings. The molecule has 0 spiro atoms. The Morgan fingerprint density at radius 3 is 2.72 bits per heavy atom. The van der Waals surface area contributed by atoms with Gasteiger partial charge in [-0.05, 0) is 41.3 Å². The van der Waals surface area contributed by atoms with Crippen LogP contribution >= 0.6 is 23.4 Å². The van der Waals surface area contributed by atoms with E-state index in [2.05, 4.69) is 44.5 Å². The first-order valence-corrected chi connectivity index (χ1v) is 10.8. The molecular weight excluding hydrogens is 404 g/mol. The van der Waals surface area contributed by atoms with Crippen LogP contribution < -0.4 is 10.2 Å². The zero-order chi connectivity index (χ0) is 20.1. The van der Waals surface area contributed by atoms with E-state index in [9.17, 15) is 4.79 Å². The SMILES string of the molecule is O=C(CSc1nccc(N2CCc3ccccc3C2)n1)NCc1ccc(Cl)cc1. The third kappa shape index (κ3) is 5.28. The lowest BCUT2D eigenvalue weighted by Crippen LogP contribution is -2.31. The number of aromatic nitrogens is 2. The number of benzene rings is 2. The maximum Gasteiger partial charge on any atom is 0.230 e. The van der Waals surface area contributed by atoms with Crippen LogP contribution in [0.1, 0.15) is 16.7 Å². The largest absolute Gasteiger partial charge is 0.352 e. The van der Waals surface area contributed by atoms with Gasteiger partial charge in [0.15, 0.2) is 5.16 Å². The highest BCUT2D eigenvalue weighted by Crippen LogP contribution is 2.24. The first-order valence-electron chi connectivity index (χ1n) is 9.46. The molecular formula is C22H21ClN4OS. The van der Waals surface area contributed by atoms with Crippen molar-refractivity contribution in [2.75, 3.05) is 17.2 Å². The van der Waals surface area contributed by atoms with Crippen LogP contribution in [0.4, 0.5) is 5.82 Å². The van der Waals surface area contributed by atoms with E-state index in [1.807, 2.05) is 30.3 Å². The number of hydrogen-bond donors (Lipinski definition) is 1. The smallest absolute Gasteiger partial charge is 0.230 e. The maximum atomic E-state index is 12.2. The van der Waals surface area contributed by atoms with Crippen molar-refractivity contribution in [3.63, 3.8) is 0 Å². The van der Waals surface area contributed by atoms with Gasteiger partial charge in [-0.1, -0.05) is 59.8 Å². The standard InChI is InChI=1S/C22H21ClN4OS/c23-19-7-5-16(6-8-19)13-25-21(28)15-29-22-24-11-9-20(26-22)27-12-10-17-3-1-2-4-18(17)14-27/h1-9,11H,10,12-15H2,(H,25,28). The van der Waals surface area contributed by atoms with Crippen molar-refractivity contribution in [2.45, 2.75) is 24.7 Å². The molecule has 1 aromatic heterocycles. The van der Waals surface area contributed by atoms with Crippen LogP contribution in [0.2, 0.25) is 5.02 Å². The summed E-state index contributed by atoms with van der Waals surface area (Å²) in [4.78, 5) is 23.4. The molecule has 0 radical (unpaired) electrons. The second-order valence-electron chi connectivity index (χ2n) is 6.83. The van der Waals surface area contributed by atoms with Gasteiger partial charge in [-0.25, -0.2) is 9.97 Å². The van der Waals surface area contributed by atoms with Crippen molar-refractivity contribution in [1.29, 1.82) is 0 Å². The lowest BCUT2D eigenvalue weighted by molar-refractivity contribution is -0.118. The molecule has 1 amide bonds. The molecule has 0 unspecified atom stereocenters. The number of amides is 1. The zero-order valence-corrected chi connectivity index (χ0v) is 17.4. The Kier molecular flexibility index (Phi) is 6.32. The van der Waals surface area contributed by atoms with Gasteiger partial charge in [-0.3, -0.25) is 4.79 Å².